The van der Waals surface area contributed by atoms with Crippen LogP contribution >= 0.6 is 0 Å². The molecule has 4 aromatic rings. The zero-order valence-electron chi connectivity index (χ0n) is 16.5. The number of para-hydroxylation sites is 1. The summed E-state index contributed by atoms with van der Waals surface area (Å²) in [6.07, 6.45) is 4.83. The molecule has 6 nitrogen and oxygen atoms in total. The first-order chi connectivity index (χ1) is 14.3. The molecule has 0 spiro atoms. The van der Waals surface area contributed by atoms with Gasteiger partial charge in [-0.2, -0.15) is 0 Å². The van der Waals surface area contributed by atoms with Crippen LogP contribution in [-0.2, 0) is 13.1 Å². The van der Waals surface area contributed by atoms with E-state index in [1.54, 1.807) is 13.3 Å². The minimum absolute atomic E-state index is 0.554. The predicted octanol–water partition coefficient (Wildman–Crippen LogP) is 4.05. The lowest BCUT2D eigenvalue weighted by atomic mass is 10.2. The summed E-state index contributed by atoms with van der Waals surface area (Å²) < 4.78 is 7.86. The third-order valence-electron chi connectivity index (χ3n) is 4.78. The summed E-state index contributed by atoms with van der Waals surface area (Å²) in [6, 6.07) is 20.5. The standard InChI is InChI=1S/C23H25N5O/c1-24-23(25-13-7-14-28-15-12-18-8-5-6-11-21(18)28)26-16-20-17-29-22(27-20)19-9-3-2-4-10-19/h2-6,8-12,15,17H,7,13-14,16H2,1H3,(H2,24,25,26). The van der Waals surface area contributed by atoms with Gasteiger partial charge < -0.3 is 19.6 Å². The Hall–Kier alpha value is -3.54. The molecule has 2 heterocycles. The molecule has 29 heavy (non-hydrogen) atoms. The maximum Gasteiger partial charge on any atom is 0.226 e. The fourth-order valence-corrected chi connectivity index (χ4v) is 3.29. The van der Waals surface area contributed by atoms with Gasteiger partial charge in [0.25, 0.3) is 0 Å². The van der Waals surface area contributed by atoms with Crippen LogP contribution in [0.2, 0.25) is 0 Å². The summed E-state index contributed by atoms with van der Waals surface area (Å²) in [5, 5.41) is 7.92. The van der Waals surface area contributed by atoms with E-state index in [0.717, 1.165) is 36.7 Å². The largest absolute Gasteiger partial charge is 0.444 e. The molecule has 0 atom stereocenters. The minimum atomic E-state index is 0.554. The van der Waals surface area contributed by atoms with E-state index in [1.807, 2.05) is 30.3 Å². The number of nitrogens with one attached hydrogen (secondary N) is 2. The number of rotatable bonds is 7. The lowest BCUT2D eigenvalue weighted by Crippen LogP contribution is -2.37. The molecule has 0 unspecified atom stereocenters. The summed E-state index contributed by atoms with van der Waals surface area (Å²) in [4.78, 5) is 8.81. The maximum absolute atomic E-state index is 5.58. The topological polar surface area (TPSA) is 67.4 Å². The van der Waals surface area contributed by atoms with Crippen molar-refractivity contribution in [1.82, 2.24) is 20.2 Å². The van der Waals surface area contributed by atoms with E-state index in [0.29, 0.717) is 12.4 Å². The number of hydrogen-bond donors (Lipinski definition) is 2. The highest BCUT2D eigenvalue weighted by molar-refractivity contribution is 5.80. The summed E-state index contributed by atoms with van der Waals surface area (Å²) in [5.74, 6) is 1.39. The monoisotopic (exact) mass is 387 g/mol. The third-order valence-corrected chi connectivity index (χ3v) is 4.78. The maximum atomic E-state index is 5.58. The van der Waals surface area contributed by atoms with Crippen LogP contribution in [0.4, 0.5) is 0 Å². The van der Waals surface area contributed by atoms with Crippen molar-refractivity contribution >= 4 is 16.9 Å². The quantitative estimate of drug-likeness (QED) is 0.285. The molecule has 4 rings (SSSR count). The molecule has 0 saturated carbocycles. The Bertz CT molecular complexity index is 1080. The predicted molar refractivity (Wildman–Crippen MR) is 117 cm³/mol. The molecule has 0 aliphatic rings. The Labute approximate surface area is 170 Å². The van der Waals surface area contributed by atoms with Gasteiger partial charge in [-0.15, -0.1) is 0 Å². The normalized spacial score (nSPS) is 11.7. The van der Waals surface area contributed by atoms with Crippen molar-refractivity contribution in [3.63, 3.8) is 0 Å². The zero-order valence-corrected chi connectivity index (χ0v) is 16.5. The summed E-state index contributed by atoms with van der Waals surface area (Å²) in [7, 11) is 1.77. The molecule has 6 heteroatoms. The number of aromatic nitrogens is 2. The molecule has 0 radical (unpaired) electrons. The van der Waals surface area contributed by atoms with Gasteiger partial charge >= 0.3 is 0 Å². The van der Waals surface area contributed by atoms with Crippen molar-refractivity contribution in [3.05, 3.63) is 78.8 Å². The van der Waals surface area contributed by atoms with Crippen LogP contribution in [0, 0.1) is 0 Å². The van der Waals surface area contributed by atoms with Crippen LogP contribution < -0.4 is 10.6 Å². The second kappa shape index (κ2) is 9.10. The Morgan fingerprint density at radius 3 is 2.72 bits per heavy atom. The van der Waals surface area contributed by atoms with Gasteiger partial charge in [0.2, 0.25) is 5.89 Å². The van der Waals surface area contributed by atoms with Crippen LogP contribution in [0.3, 0.4) is 0 Å². The molecule has 0 bridgehead atoms. The van der Waals surface area contributed by atoms with E-state index in [4.69, 9.17) is 4.42 Å². The van der Waals surface area contributed by atoms with Gasteiger partial charge in [0.15, 0.2) is 5.96 Å². The van der Waals surface area contributed by atoms with Gasteiger partial charge in [-0.3, -0.25) is 4.99 Å². The van der Waals surface area contributed by atoms with E-state index in [9.17, 15) is 0 Å². The summed E-state index contributed by atoms with van der Waals surface area (Å²) in [5.41, 5.74) is 3.08. The Morgan fingerprint density at radius 2 is 1.86 bits per heavy atom. The number of fused-ring (bicyclic) bond motifs is 1. The van der Waals surface area contributed by atoms with Crippen molar-refractivity contribution in [2.24, 2.45) is 4.99 Å². The van der Waals surface area contributed by atoms with Crippen LogP contribution in [-0.4, -0.2) is 29.1 Å². The SMILES string of the molecule is CN=C(NCCCn1ccc2ccccc21)NCc1coc(-c2ccccc2)n1. The molecule has 0 fully saturated rings. The highest BCUT2D eigenvalue weighted by Gasteiger charge is 2.07. The number of benzene rings is 2. The summed E-state index contributed by atoms with van der Waals surface area (Å²) >= 11 is 0. The van der Waals surface area contributed by atoms with Crippen molar-refractivity contribution in [1.29, 1.82) is 0 Å². The van der Waals surface area contributed by atoms with Crippen LogP contribution in [0.1, 0.15) is 12.1 Å². The average molecular weight is 387 g/mol. The minimum Gasteiger partial charge on any atom is -0.444 e. The number of oxazole rings is 1. The van der Waals surface area contributed by atoms with E-state index >= 15 is 0 Å². The first-order valence-corrected chi connectivity index (χ1v) is 9.82. The molecule has 0 amide bonds. The third kappa shape index (κ3) is 4.66. The molecule has 2 aromatic carbocycles. The lowest BCUT2D eigenvalue weighted by Gasteiger charge is -2.11. The zero-order chi connectivity index (χ0) is 19.9. The van der Waals surface area contributed by atoms with Crippen molar-refractivity contribution in [2.45, 2.75) is 19.5 Å². The van der Waals surface area contributed by atoms with E-state index < -0.39 is 0 Å². The van der Waals surface area contributed by atoms with Gasteiger partial charge in [-0.05, 0) is 36.1 Å². The summed E-state index contributed by atoms with van der Waals surface area (Å²) in [6.45, 7) is 2.35. The second-order valence-corrected chi connectivity index (χ2v) is 6.78. The van der Waals surface area contributed by atoms with Crippen LogP contribution in [0.15, 0.2) is 82.5 Å². The average Bonchev–Trinajstić information content (AvgIpc) is 3.41. The van der Waals surface area contributed by atoms with Gasteiger partial charge in [-0.1, -0.05) is 36.4 Å². The molecule has 0 aliphatic heterocycles. The molecule has 0 saturated heterocycles. The molecule has 2 aromatic heterocycles. The molecule has 0 aliphatic carbocycles. The number of hydrogen-bond acceptors (Lipinski definition) is 3. The molecular weight excluding hydrogens is 362 g/mol. The van der Waals surface area contributed by atoms with Gasteiger partial charge in [0, 0.05) is 37.4 Å². The van der Waals surface area contributed by atoms with E-state index in [-0.39, 0.29) is 0 Å². The fraction of sp³-hybridized carbons (Fsp3) is 0.217. The highest BCUT2D eigenvalue weighted by Crippen LogP contribution is 2.18. The van der Waals surface area contributed by atoms with Crippen LogP contribution in [0.5, 0.6) is 0 Å². The first-order valence-electron chi connectivity index (χ1n) is 9.82. The number of aryl methyl sites for hydroxylation is 1. The van der Waals surface area contributed by atoms with Crippen molar-refractivity contribution in [2.75, 3.05) is 13.6 Å². The Balaban J connectivity index is 1.23. The van der Waals surface area contributed by atoms with Gasteiger partial charge in [0.05, 0.1) is 12.2 Å². The van der Waals surface area contributed by atoms with E-state index in [1.165, 1.54) is 10.9 Å². The molecular formula is C23H25N5O. The number of guanidine groups is 1. The smallest absolute Gasteiger partial charge is 0.226 e. The lowest BCUT2D eigenvalue weighted by molar-refractivity contribution is 0.572. The highest BCUT2D eigenvalue weighted by atomic mass is 16.3. The number of aliphatic imine (C=N–C) groups is 1. The van der Waals surface area contributed by atoms with Crippen LogP contribution in [0.25, 0.3) is 22.4 Å². The second-order valence-electron chi connectivity index (χ2n) is 6.78. The number of nitrogens with zero attached hydrogens (tertiary/aromatic N) is 3. The van der Waals surface area contributed by atoms with Gasteiger partial charge in [-0.25, -0.2) is 4.98 Å². The van der Waals surface area contributed by atoms with Crippen molar-refractivity contribution < 1.29 is 4.42 Å². The molecule has 148 valence electrons. The fourth-order valence-electron chi connectivity index (χ4n) is 3.29. The van der Waals surface area contributed by atoms with Gasteiger partial charge in [0.1, 0.15) is 6.26 Å². The molecule has 2 N–H and O–H groups in total. The van der Waals surface area contributed by atoms with Crippen molar-refractivity contribution in [3.8, 4) is 11.5 Å². The Kier molecular flexibility index (Phi) is 5.90. The Morgan fingerprint density at radius 1 is 1.03 bits per heavy atom. The van der Waals surface area contributed by atoms with E-state index in [2.05, 4.69) is 61.7 Å². The first kappa shape index (κ1) is 18.8.